The maximum absolute atomic E-state index is 9.02. The van der Waals surface area contributed by atoms with Gasteiger partial charge in [0, 0.05) is 18.6 Å². The second kappa shape index (κ2) is 6.21. The maximum atomic E-state index is 9.02. The molecule has 1 unspecified atom stereocenters. The molecule has 1 N–H and O–H groups in total. The molecule has 0 aliphatic carbocycles. The number of aliphatic hydroxyl groups is 1. The molecule has 0 aromatic carbocycles. The van der Waals surface area contributed by atoms with Crippen molar-refractivity contribution in [2.75, 3.05) is 19.8 Å². The minimum atomic E-state index is -0.173. The average molecular weight is 172 g/mol. The highest BCUT2D eigenvalue weighted by molar-refractivity contribution is 4.90. The minimum absolute atomic E-state index is 0.145. The molecule has 0 radical (unpaired) electrons. The molecule has 2 heteroatoms. The molecule has 1 atom stereocenters. The van der Waals surface area contributed by atoms with E-state index in [9.17, 15) is 0 Å². The Kier molecular flexibility index (Phi) is 6.03. The number of ether oxygens (including phenoxy) is 1. The van der Waals surface area contributed by atoms with Crippen molar-refractivity contribution < 1.29 is 9.84 Å². The monoisotopic (exact) mass is 172 g/mol. The van der Waals surface area contributed by atoms with Crippen LogP contribution in [0.5, 0.6) is 0 Å². The SMILES string of the molecule is C=CC(C)(CO)CCOCCC. The van der Waals surface area contributed by atoms with Gasteiger partial charge in [0.05, 0.1) is 6.61 Å². The van der Waals surface area contributed by atoms with Crippen LogP contribution in [0.15, 0.2) is 12.7 Å². The van der Waals surface area contributed by atoms with E-state index in [2.05, 4.69) is 13.5 Å². The van der Waals surface area contributed by atoms with E-state index in [-0.39, 0.29) is 12.0 Å². The zero-order valence-corrected chi connectivity index (χ0v) is 8.18. The highest BCUT2D eigenvalue weighted by atomic mass is 16.5. The van der Waals surface area contributed by atoms with Crippen LogP contribution in [-0.4, -0.2) is 24.9 Å². The van der Waals surface area contributed by atoms with Gasteiger partial charge < -0.3 is 9.84 Å². The second-order valence-corrected chi connectivity index (χ2v) is 3.38. The molecule has 0 bridgehead atoms. The van der Waals surface area contributed by atoms with Gasteiger partial charge in [0.25, 0.3) is 0 Å². The fraction of sp³-hybridized carbons (Fsp3) is 0.800. The molecule has 0 aromatic rings. The van der Waals surface area contributed by atoms with Crippen LogP contribution in [0.4, 0.5) is 0 Å². The first kappa shape index (κ1) is 11.7. The molecule has 0 aliphatic rings. The first-order valence-electron chi connectivity index (χ1n) is 4.50. The molecular weight excluding hydrogens is 152 g/mol. The molecular formula is C10H20O2. The summed E-state index contributed by atoms with van der Waals surface area (Å²) in [6.07, 6.45) is 3.68. The van der Waals surface area contributed by atoms with Crippen LogP contribution < -0.4 is 0 Å². The fourth-order valence-electron chi connectivity index (χ4n) is 0.797. The summed E-state index contributed by atoms with van der Waals surface area (Å²) < 4.78 is 5.32. The van der Waals surface area contributed by atoms with Gasteiger partial charge in [-0.1, -0.05) is 19.9 Å². The average Bonchev–Trinajstić information content (AvgIpc) is 2.12. The van der Waals surface area contributed by atoms with Crippen LogP contribution >= 0.6 is 0 Å². The molecule has 12 heavy (non-hydrogen) atoms. The second-order valence-electron chi connectivity index (χ2n) is 3.38. The number of hydrogen-bond donors (Lipinski definition) is 1. The molecule has 0 saturated carbocycles. The highest BCUT2D eigenvalue weighted by Gasteiger charge is 2.17. The Morgan fingerprint density at radius 2 is 2.17 bits per heavy atom. The smallest absolute Gasteiger partial charge is 0.0520 e. The van der Waals surface area contributed by atoms with Gasteiger partial charge in [0.1, 0.15) is 0 Å². The minimum Gasteiger partial charge on any atom is -0.395 e. The van der Waals surface area contributed by atoms with Crippen LogP contribution in [0.2, 0.25) is 0 Å². The summed E-state index contributed by atoms with van der Waals surface area (Å²) in [6, 6.07) is 0. The first-order valence-corrected chi connectivity index (χ1v) is 4.50. The topological polar surface area (TPSA) is 29.5 Å². The summed E-state index contributed by atoms with van der Waals surface area (Å²) in [5.41, 5.74) is -0.173. The van der Waals surface area contributed by atoms with Gasteiger partial charge in [-0.25, -0.2) is 0 Å². The molecule has 72 valence electrons. The standard InChI is InChI=1S/C10H20O2/c1-4-7-12-8-6-10(3,5-2)9-11/h5,11H,2,4,6-9H2,1,3H3. The van der Waals surface area contributed by atoms with E-state index < -0.39 is 0 Å². The van der Waals surface area contributed by atoms with E-state index >= 15 is 0 Å². The molecule has 0 fully saturated rings. The van der Waals surface area contributed by atoms with Crippen molar-refractivity contribution in [1.82, 2.24) is 0 Å². The zero-order chi connectivity index (χ0) is 9.45. The van der Waals surface area contributed by atoms with Gasteiger partial charge in [-0.15, -0.1) is 6.58 Å². The Bertz CT molecular complexity index is 123. The van der Waals surface area contributed by atoms with Gasteiger partial charge in [0.2, 0.25) is 0 Å². The molecule has 0 saturated heterocycles. The van der Waals surface area contributed by atoms with Crippen molar-refractivity contribution in [1.29, 1.82) is 0 Å². The van der Waals surface area contributed by atoms with Crippen LogP contribution in [0, 0.1) is 5.41 Å². The molecule has 2 nitrogen and oxygen atoms in total. The summed E-state index contributed by atoms with van der Waals surface area (Å²) in [4.78, 5) is 0. The highest BCUT2D eigenvalue weighted by Crippen LogP contribution is 2.21. The Hall–Kier alpha value is -0.340. The largest absolute Gasteiger partial charge is 0.395 e. The quantitative estimate of drug-likeness (QED) is 0.470. The van der Waals surface area contributed by atoms with Gasteiger partial charge in [-0.2, -0.15) is 0 Å². The van der Waals surface area contributed by atoms with Crippen molar-refractivity contribution >= 4 is 0 Å². The summed E-state index contributed by atoms with van der Waals surface area (Å²) in [5, 5.41) is 9.02. The molecule has 0 aliphatic heterocycles. The first-order chi connectivity index (χ1) is 5.68. The van der Waals surface area contributed by atoms with Crippen molar-refractivity contribution in [2.45, 2.75) is 26.7 Å². The normalized spacial score (nSPS) is 15.6. The number of rotatable bonds is 7. The van der Waals surface area contributed by atoms with E-state index in [1.807, 2.05) is 6.92 Å². The Morgan fingerprint density at radius 3 is 2.58 bits per heavy atom. The van der Waals surface area contributed by atoms with Crippen molar-refractivity contribution in [3.63, 3.8) is 0 Å². The van der Waals surface area contributed by atoms with Crippen LogP contribution in [-0.2, 0) is 4.74 Å². The maximum Gasteiger partial charge on any atom is 0.0520 e. The van der Waals surface area contributed by atoms with Crippen LogP contribution in [0.3, 0.4) is 0 Å². The van der Waals surface area contributed by atoms with Crippen LogP contribution in [0.1, 0.15) is 26.7 Å². The summed E-state index contributed by atoms with van der Waals surface area (Å²) >= 11 is 0. The Labute approximate surface area is 75.2 Å². The van der Waals surface area contributed by atoms with E-state index in [1.54, 1.807) is 6.08 Å². The van der Waals surface area contributed by atoms with Crippen molar-refractivity contribution in [3.8, 4) is 0 Å². The van der Waals surface area contributed by atoms with E-state index in [0.717, 1.165) is 19.4 Å². The molecule has 0 amide bonds. The summed E-state index contributed by atoms with van der Waals surface area (Å²) in [6.45, 7) is 9.40. The Balaban J connectivity index is 3.51. The van der Waals surface area contributed by atoms with Crippen LogP contribution in [0.25, 0.3) is 0 Å². The molecule has 0 rings (SSSR count). The van der Waals surface area contributed by atoms with E-state index in [0.29, 0.717) is 6.61 Å². The summed E-state index contributed by atoms with van der Waals surface area (Å²) in [5.74, 6) is 0. The predicted octanol–water partition coefficient (Wildman–Crippen LogP) is 1.99. The molecule has 0 aromatic heterocycles. The molecule has 0 spiro atoms. The lowest BCUT2D eigenvalue weighted by Gasteiger charge is -2.22. The third kappa shape index (κ3) is 4.52. The molecule has 0 heterocycles. The lowest BCUT2D eigenvalue weighted by Crippen LogP contribution is -2.20. The van der Waals surface area contributed by atoms with Gasteiger partial charge >= 0.3 is 0 Å². The number of aliphatic hydroxyl groups excluding tert-OH is 1. The fourth-order valence-corrected chi connectivity index (χ4v) is 0.797. The van der Waals surface area contributed by atoms with E-state index in [4.69, 9.17) is 9.84 Å². The predicted molar refractivity (Wildman–Crippen MR) is 51.1 cm³/mol. The Morgan fingerprint density at radius 1 is 1.50 bits per heavy atom. The third-order valence-electron chi connectivity index (χ3n) is 2.02. The van der Waals surface area contributed by atoms with Gasteiger partial charge in [-0.05, 0) is 12.8 Å². The van der Waals surface area contributed by atoms with Gasteiger partial charge in [0.15, 0.2) is 0 Å². The summed E-state index contributed by atoms with van der Waals surface area (Å²) in [7, 11) is 0. The lowest BCUT2D eigenvalue weighted by molar-refractivity contribution is 0.0885. The zero-order valence-electron chi connectivity index (χ0n) is 8.18. The van der Waals surface area contributed by atoms with Crippen molar-refractivity contribution in [3.05, 3.63) is 12.7 Å². The van der Waals surface area contributed by atoms with E-state index in [1.165, 1.54) is 0 Å². The lowest BCUT2D eigenvalue weighted by atomic mass is 9.88. The third-order valence-corrected chi connectivity index (χ3v) is 2.02. The van der Waals surface area contributed by atoms with Gasteiger partial charge in [-0.3, -0.25) is 0 Å². The number of hydrogen-bond acceptors (Lipinski definition) is 2. The van der Waals surface area contributed by atoms with Crippen molar-refractivity contribution in [2.24, 2.45) is 5.41 Å².